The number of halogens is 2. The minimum Gasteiger partial charge on any atom is -0.507 e. The number of nitrogens with one attached hydrogen (secondary N) is 2. The van der Waals surface area contributed by atoms with Crippen molar-refractivity contribution >= 4 is 11.8 Å². The first kappa shape index (κ1) is 30.1. The van der Waals surface area contributed by atoms with E-state index < -0.39 is 29.7 Å². The second-order valence-corrected chi connectivity index (χ2v) is 10.5. The number of likely N-dealkylation sites (tertiary alicyclic amines) is 1. The molecular weight excluding hydrogens is 528 g/mol. The van der Waals surface area contributed by atoms with Gasteiger partial charge in [-0.15, -0.1) is 0 Å². The predicted octanol–water partition coefficient (Wildman–Crippen LogP) is 4.35. The summed E-state index contributed by atoms with van der Waals surface area (Å²) in [7, 11) is 0. The third-order valence-electron chi connectivity index (χ3n) is 7.37. The fourth-order valence-electron chi connectivity index (χ4n) is 5.10. The zero-order valence-electron chi connectivity index (χ0n) is 23.2. The highest BCUT2D eigenvalue weighted by molar-refractivity contribution is 6.01. The molecule has 0 spiro atoms. The number of aromatic hydroxyl groups is 1. The molecule has 0 unspecified atom stereocenters. The van der Waals surface area contributed by atoms with Crippen molar-refractivity contribution in [2.75, 3.05) is 19.6 Å². The molecule has 1 heterocycles. The van der Waals surface area contributed by atoms with E-state index in [1.807, 2.05) is 18.2 Å². The fraction of sp³-hybridized carbons (Fsp3) is 0.375. The van der Waals surface area contributed by atoms with Gasteiger partial charge in [-0.05, 0) is 79.1 Å². The van der Waals surface area contributed by atoms with E-state index >= 15 is 0 Å². The van der Waals surface area contributed by atoms with Crippen LogP contribution in [0, 0.1) is 11.6 Å². The summed E-state index contributed by atoms with van der Waals surface area (Å²) in [5.41, 5.74) is 2.65. The molecule has 3 aromatic carbocycles. The van der Waals surface area contributed by atoms with Crippen molar-refractivity contribution in [1.82, 2.24) is 15.5 Å². The van der Waals surface area contributed by atoms with Gasteiger partial charge in [-0.2, -0.15) is 0 Å². The maximum absolute atomic E-state index is 13.9. The molecule has 7 nitrogen and oxygen atoms in total. The number of phenols is 1. The van der Waals surface area contributed by atoms with Crippen LogP contribution in [-0.2, 0) is 19.4 Å². The first-order valence-corrected chi connectivity index (χ1v) is 14.1. The average molecular weight is 566 g/mol. The minimum atomic E-state index is -1.11. The van der Waals surface area contributed by atoms with E-state index in [9.17, 15) is 28.6 Å². The lowest BCUT2D eigenvalue weighted by Gasteiger charge is -2.27. The molecule has 41 heavy (non-hydrogen) atoms. The molecule has 0 bridgehead atoms. The number of hydrogen-bond donors (Lipinski definition) is 4. The summed E-state index contributed by atoms with van der Waals surface area (Å²) < 4.78 is 27.8. The van der Waals surface area contributed by atoms with Crippen molar-refractivity contribution in [2.45, 2.75) is 57.7 Å². The lowest BCUT2D eigenvalue weighted by atomic mass is 9.99. The summed E-state index contributed by atoms with van der Waals surface area (Å²) in [4.78, 5) is 28.0. The van der Waals surface area contributed by atoms with Crippen LogP contribution in [0.15, 0.2) is 60.7 Å². The van der Waals surface area contributed by atoms with Crippen LogP contribution >= 0.6 is 0 Å². The third kappa shape index (κ3) is 8.34. The second-order valence-electron chi connectivity index (χ2n) is 10.5. The number of aliphatic hydroxyl groups excluding tert-OH is 1. The van der Waals surface area contributed by atoms with Crippen LogP contribution in [-0.4, -0.2) is 58.7 Å². The van der Waals surface area contributed by atoms with Gasteiger partial charge in [0.1, 0.15) is 17.4 Å². The molecular formula is C32H37F2N3O4. The van der Waals surface area contributed by atoms with E-state index in [4.69, 9.17) is 0 Å². The van der Waals surface area contributed by atoms with Gasteiger partial charge in [0, 0.05) is 37.8 Å². The van der Waals surface area contributed by atoms with Crippen LogP contribution in [0.5, 0.6) is 5.75 Å². The second kappa shape index (κ2) is 14.2. The van der Waals surface area contributed by atoms with Crippen molar-refractivity contribution < 1.29 is 28.6 Å². The molecule has 1 saturated heterocycles. The van der Waals surface area contributed by atoms with Gasteiger partial charge in [-0.3, -0.25) is 9.59 Å². The Morgan fingerprint density at radius 1 is 0.927 bits per heavy atom. The Morgan fingerprint density at radius 3 is 2.34 bits per heavy atom. The molecule has 4 N–H and O–H groups in total. The van der Waals surface area contributed by atoms with Crippen molar-refractivity contribution in [3.05, 3.63) is 100 Å². The predicted molar refractivity (Wildman–Crippen MR) is 153 cm³/mol. The first-order chi connectivity index (χ1) is 19.7. The van der Waals surface area contributed by atoms with E-state index in [-0.39, 0.29) is 41.3 Å². The van der Waals surface area contributed by atoms with Gasteiger partial charge in [-0.25, -0.2) is 8.78 Å². The summed E-state index contributed by atoms with van der Waals surface area (Å²) in [5, 5.41) is 27.4. The molecule has 2 atom stereocenters. The van der Waals surface area contributed by atoms with Crippen LogP contribution < -0.4 is 10.6 Å². The van der Waals surface area contributed by atoms with Crippen molar-refractivity contribution in [3.63, 3.8) is 0 Å². The largest absolute Gasteiger partial charge is 0.507 e. The van der Waals surface area contributed by atoms with Crippen LogP contribution in [0.4, 0.5) is 8.78 Å². The standard InChI is InChI=1S/C32H37F2N3O4/c1-2-21-7-6-8-22(13-21)19-35-20-30(39)28(16-23-14-25(33)18-26(34)15-23)36-31(40)24-9-10-29(38)27(17-24)32(41)37-11-4-3-5-12-37/h6-10,13-15,17-18,28,30,35,38-39H,2-5,11-12,16,19-20H2,1H3,(H,36,40)/t28-,30-/m0/s1. The summed E-state index contributed by atoms with van der Waals surface area (Å²) in [6.07, 6.45) is 2.56. The molecule has 2 amide bonds. The quantitative estimate of drug-likeness (QED) is 0.277. The SMILES string of the molecule is CCc1cccc(CNC[C@H](O)[C@H](Cc2cc(F)cc(F)c2)NC(=O)c2ccc(O)c(C(=O)N3CCCCC3)c2)c1. The molecule has 9 heteroatoms. The maximum atomic E-state index is 13.9. The van der Waals surface area contributed by atoms with Gasteiger partial charge in [0.15, 0.2) is 0 Å². The normalized spacial score (nSPS) is 14.9. The Hall–Kier alpha value is -3.82. The van der Waals surface area contributed by atoms with E-state index in [1.165, 1.54) is 23.8 Å². The Balaban J connectivity index is 1.49. The van der Waals surface area contributed by atoms with E-state index in [0.717, 1.165) is 49.4 Å². The molecule has 218 valence electrons. The van der Waals surface area contributed by atoms with Crippen molar-refractivity contribution in [1.29, 1.82) is 0 Å². The van der Waals surface area contributed by atoms with Crippen LogP contribution in [0.2, 0.25) is 0 Å². The molecule has 1 aliphatic rings. The Bertz CT molecular complexity index is 1340. The fourth-order valence-corrected chi connectivity index (χ4v) is 5.10. The lowest BCUT2D eigenvalue weighted by molar-refractivity contribution is 0.0721. The molecule has 4 rings (SSSR count). The highest BCUT2D eigenvalue weighted by Crippen LogP contribution is 2.23. The maximum Gasteiger partial charge on any atom is 0.257 e. The zero-order chi connectivity index (χ0) is 29.4. The number of amides is 2. The average Bonchev–Trinajstić information content (AvgIpc) is 2.96. The molecule has 0 aliphatic carbocycles. The van der Waals surface area contributed by atoms with Gasteiger partial charge >= 0.3 is 0 Å². The molecule has 1 fully saturated rings. The van der Waals surface area contributed by atoms with E-state index in [0.29, 0.717) is 19.6 Å². The number of nitrogens with zero attached hydrogens (tertiary/aromatic N) is 1. The number of aliphatic hydroxyl groups is 1. The lowest BCUT2D eigenvalue weighted by Crippen LogP contribution is -2.48. The van der Waals surface area contributed by atoms with Crippen molar-refractivity contribution in [2.24, 2.45) is 0 Å². The Morgan fingerprint density at radius 2 is 1.63 bits per heavy atom. The van der Waals surface area contributed by atoms with Crippen molar-refractivity contribution in [3.8, 4) is 5.75 Å². The highest BCUT2D eigenvalue weighted by atomic mass is 19.1. The molecule has 0 aromatic heterocycles. The molecule has 1 aliphatic heterocycles. The van der Waals surface area contributed by atoms with Crippen LogP contribution in [0.3, 0.4) is 0 Å². The topological polar surface area (TPSA) is 102 Å². The number of aryl methyl sites for hydroxylation is 1. The number of carbonyl (C=O) groups is 2. The summed E-state index contributed by atoms with van der Waals surface area (Å²) >= 11 is 0. The minimum absolute atomic E-state index is 0.0276. The van der Waals surface area contributed by atoms with E-state index in [1.54, 1.807) is 4.90 Å². The number of rotatable bonds is 11. The number of phenolic OH excluding ortho intramolecular Hbond substituents is 1. The smallest absolute Gasteiger partial charge is 0.257 e. The van der Waals surface area contributed by atoms with Gasteiger partial charge in [0.2, 0.25) is 0 Å². The Labute approximate surface area is 239 Å². The van der Waals surface area contributed by atoms with Crippen LogP contribution in [0.1, 0.15) is 63.6 Å². The first-order valence-electron chi connectivity index (χ1n) is 14.1. The van der Waals surface area contributed by atoms with Gasteiger partial charge in [0.25, 0.3) is 11.8 Å². The monoisotopic (exact) mass is 565 g/mol. The number of benzene rings is 3. The number of carbonyl (C=O) groups excluding carboxylic acids is 2. The van der Waals surface area contributed by atoms with Gasteiger partial charge in [0.05, 0.1) is 17.7 Å². The summed E-state index contributed by atoms with van der Waals surface area (Å²) in [6, 6.07) is 14.3. The summed E-state index contributed by atoms with van der Waals surface area (Å²) in [6.45, 7) is 3.83. The molecule has 3 aromatic rings. The number of hydrogen-bond acceptors (Lipinski definition) is 5. The summed E-state index contributed by atoms with van der Waals surface area (Å²) in [5.74, 6) is -2.67. The third-order valence-corrected chi connectivity index (χ3v) is 7.37. The molecule has 0 saturated carbocycles. The van der Waals surface area contributed by atoms with Gasteiger partial charge < -0.3 is 25.7 Å². The van der Waals surface area contributed by atoms with E-state index in [2.05, 4.69) is 23.6 Å². The molecule has 0 radical (unpaired) electrons. The van der Waals surface area contributed by atoms with Gasteiger partial charge in [-0.1, -0.05) is 31.2 Å². The highest BCUT2D eigenvalue weighted by Gasteiger charge is 2.25. The zero-order valence-corrected chi connectivity index (χ0v) is 23.2. The Kier molecular flexibility index (Phi) is 10.4. The number of piperidine rings is 1. The van der Waals surface area contributed by atoms with Crippen LogP contribution in [0.25, 0.3) is 0 Å².